The highest BCUT2D eigenvalue weighted by atomic mass is 19.1. The predicted octanol–water partition coefficient (Wildman–Crippen LogP) is 4.28. The van der Waals surface area contributed by atoms with Crippen LogP contribution in [0.4, 0.5) is 15.0 Å². The smallest absolute Gasteiger partial charge is 0.410 e. The predicted molar refractivity (Wildman–Crippen MR) is 152 cm³/mol. The van der Waals surface area contributed by atoms with Gasteiger partial charge in [-0.2, -0.15) is 0 Å². The molecule has 0 saturated carbocycles. The number of anilines is 1. The number of aromatic nitrogens is 3. The molecular formula is C29H37FN6O6. The molecule has 0 unspecified atom stereocenters. The average Bonchev–Trinajstić information content (AvgIpc) is 3.52. The number of hydrogen-bond donors (Lipinski definition) is 0. The summed E-state index contributed by atoms with van der Waals surface area (Å²) < 4.78 is 38.1. The zero-order chi connectivity index (χ0) is 30.3. The lowest BCUT2D eigenvalue weighted by atomic mass is 9.94. The molecule has 12 nitrogen and oxygen atoms in total. The number of benzene rings is 1. The third-order valence-corrected chi connectivity index (χ3v) is 7.62. The first-order chi connectivity index (χ1) is 19.9. The maximum absolute atomic E-state index is 15.9. The monoisotopic (exact) mass is 584 g/mol. The molecule has 2 fully saturated rings. The number of rotatable bonds is 7. The van der Waals surface area contributed by atoms with Crippen LogP contribution >= 0.6 is 0 Å². The molecule has 0 aliphatic carbocycles. The van der Waals surface area contributed by atoms with E-state index >= 15 is 4.39 Å². The van der Waals surface area contributed by atoms with Crippen LogP contribution in [-0.2, 0) is 9.47 Å². The van der Waals surface area contributed by atoms with Crippen molar-refractivity contribution in [3.05, 3.63) is 30.2 Å². The number of methoxy groups -OCH3 is 1. The Hall–Kier alpha value is -4.00. The summed E-state index contributed by atoms with van der Waals surface area (Å²) >= 11 is 0. The second-order valence-corrected chi connectivity index (χ2v) is 11.9. The van der Waals surface area contributed by atoms with Crippen LogP contribution in [0.25, 0.3) is 22.4 Å². The molecule has 0 radical (unpaired) electrons. The van der Waals surface area contributed by atoms with Crippen molar-refractivity contribution in [3.8, 4) is 17.1 Å². The Balaban J connectivity index is 1.38. The van der Waals surface area contributed by atoms with Crippen LogP contribution in [0.1, 0.15) is 50.6 Å². The third-order valence-electron chi connectivity index (χ3n) is 7.62. The number of amides is 2. The molecule has 4 atom stereocenters. The Kier molecular flexibility index (Phi) is 7.97. The normalized spacial score (nSPS) is 21.9. The summed E-state index contributed by atoms with van der Waals surface area (Å²) in [4.78, 5) is 34.5. The first kappa shape index (κ1) is 29.5. The highest BCUT2D eigenvalue weighted by molar-refractivity contribution is 5.97. The standard InChI is InChI=1S/C29H37FN6O6/c1-29(2,3)42-28(38)36-17-8-9-19(36)25(30)20(12-17)35(6)24-14-31-26(33-32-24)18-13-21-16(10-22(18)40-15-39-7)11-23(41-21)27(37)34(4)5/h10-11,13-14,17,19-20,25H,8-9,12,15H2,1-7H3/t17-,19+,20-,25+/m0/s1. The van der Waals surface area contributed by atoms with E-state index in [1.165, 1.54) is 18.2 Å². The lowest BCUT2D eigenvalue weighted by Crippen LogP contribution is -2.59. The number of piperidine rings is 1. The molecule has 42 heavy (non-hydrogen) atoms. The van der Waals surface area contributed by atoms with Crippen LogP contribution in [0.3, 0.4) is 0 Å². The van der Waals surface area contributed by atoms with E-state index in [4.69, 9.17) is 18.6 Å². The van der Waals surface area contributed by atoms with E-state index in [0.29, 0.717) is 40.9 Å². The highest BCUT2D eigenvalue weighted by Gasteiger charge is 2.52. The number of hydrogen-bond acceptors (Lipinski definition) is 10. The number of carbonyl (C=O) groups is 2. The van der Waals surface area contributed by atoms with Gasteiger partial charge in [-0.3, -0.25) is 9.69 Å². The summed E-state index contributed by atoms with van der Waals surface area (Å²) in [5, 5.41) is 9.35. The largest absolute Gasteiger partial charge is 0.467 e. The number of furan rings is 1. The van der Waals surface area contributed by atoms with Crippen molar-refractivity contribution in [2.75, 3.05) is 39.9 Å². The van der Waals surface area contributed by atoms with Crippen LogP contribution in [0.15, 0.2) is 28.8 Å². The Bertz CT molecular complexity index is 1460. The van der Waals surface area contributed by atoms with Gasteiger partial charge in [0.25, 0.3) is 5.91 Å². The van der Waals surface area contributed by atoms with Gasteiger partial charge in [0, 0.05) is 39.7 Å². The van der Waals surface area contributed by atoms with E-state index in [-0.39, 0.29) is 30.3 Å². The lowest BCUT2D eigenvalue weighted by Gasteiger charge is -2.44. The van der Waals surface area contributed by atoms with Gasteiger partial charge in [-0.15, -0.1) is 10.2 Å². The number of alkyl halides is 1. The summed E-state index contributed by atoms with van der Waals surface area (Å²) in [6, 6.07) is 3.88. The molecule has 5 rings (SSSR count). The minimum atomic E-state index is -1.29. The van der Waals surface area contributed by atoms with E-state index in [1.807, 2.05) is 0 Å². The molecule has 2 bridgehead atoms. The van der Waals surface area contributed by atoms with Crippen LogP contribution in [-0.4, -0.2) is 102 Å². The molecule has 0 spiro atoms. The van der Waals surface area contributed by atoms with E-state index < -0.39 is 29.9 Å². The van der Waals surface area contributed by atoms with Crippen molar-refractivity contribution in [2.24, 2.45) is 0 Å². The molecular weight excluding hydrogens is 547 g/mol. The fourth-order valence-electron chi connectivity index (χ4n) is 5.62. The summed E-state index contributed by atoms with van der Waals surface area (Å²) in [5.41, 5.74) is 0.296. The summed E-state index contributed by atoms with van der Waals surface area (Å²) in [7, 11) is 6.56. The van der Waals surface area contributed by atoms with Crippen molar-refractivity contribution in [2.45, 2.75) is 69.9 Å². The molecule has 2 aliphatic rings. The molecule has 3 aromatic rings. The molecule has 4 heterocycles. The van der Waals surface area contributed by atoms with Gasteiger partial charge in [0.15, 0.2) is 24.2 Å². The third kappa shape index (κ3) is 5.69. The first-order valence-corrected chi connectivity index (χ1v) is 13.9. The van der Waals surface area contributed by atoms with Crippen LogP contribution < -0.4 is 9.64 Å². The van der Waals surface area contributed by atoms with Crippen LogP contribution in [0, 0.1) is 0 Å². The number of halogens is 1. The number of fused-ring (bicyclic) bond motifs is 3. The van der Waals surface area contributed by atoms with Crippen molar-refractivity contribution >= 4 is 28.8 Å². The van der Waals surface area contributed by atoms with Crippen molar-refractivity contribution in [3.63, 3.8) is 0 Å². The summed E-state index contributed by atoms with van der Waals surface area (Å²) in [5.74, 6) is 0.997. The Morgan fingerprint density at radius 2 is 1.90 bits per heavy atom. The van der Waals surface area contributed by atoms with Crippen molar-refractivity contribution in [1.29, 1.82) is 0 Å². The zero-order valence-corrected chi connectivity index (χ0v) is 25.0. The minimum Gasteiger partial charge on any atom is -0.467 e. The van der Waals surface area contributed by atoms with Crippen LogP contribution in [0.2, 0.25) is 0 Å². The molecule has 13 heteroatoms. The molecule has 2 saturated heterocycles. The van der Waals surface area contributed by atoms with Gasteiger partial charge >= 0.3 is 6.09 Å². The molecule has 0 N–H and O–H groups in total. The molecule has 1 aromatic carbocycles. The van der Waals surface area contributed by atoms with Gasteiger partial charge in [0.2, 0.25) is 0 Å². The van der Waals surface area contributed by atoms with E-state index in [0.717, 1.165) is 6.42 Å². The second kappa shape index (κ2) is 11.3. The van der Waals surface area contributed by atoms with Gasteiger partial charge < -0.3 is 28.4 Å². The molecule has 2 aliphatic heterocycles. The molecule has 2 aromatic heterocycles. The van der Waals surface area contributed by atoms with Crippen LogP contribution in [0.5, 0.6) is 5.75 Å². The average molecular weight is 585 g/mol. The Morgan fingerprint density at radius 3 is 2.55 bits per heavy atom. The number of carbonyl (C=O) groups excluding carboxylic acids is 2. The van der Waals surface area contributed by atoms with Gasteiger partial charge in [-0.05, 0) is 58.2 Å². The summed E-state index contributed by atoms with van der Waals surface area (Å²) in [6.07, 6.45) is 1.51. The van der Waals surface area contributed by atoms with Gasteiger partial charge in [-0.1, -0.05) is 0 Å². The Morgan fingerprint density at radius 1 is 1.14 bits per heavy atom. The first-order valence-electron chi connectivity index (χ1n) is 13.9. The minimum absolute atomic E-state index is 0.0176. The highest BCUT2D eigenvalue weighted by Crippen LogP contribution is 2.41. The SMILES string of the molecule is COCOc1cc2cc(C(=O)N(C)C)oc2cc1-c1ncc(N(C)[C@H]2C[C@@H]3CC[C@H]([C@H]2F)N3C(=O)OC(C)(C)C)nn1. The maximum Gasteiger partial charge on any atom is 0.410 e. The second-order valence-electron chi connectivity index (χ2n) is 11.9. The zero-order valence-electron chi connectivity index (χ0n) is 25.0. The van der Waals surface area contributed by atoms with Gasteiger partial charge in [0.1, 0.15) is 23.1 Å². The lowest BCUT2D eigenvalue weighted by molar-refractivity contribution is -0.0104. The maximum atomic E-state index is 15.9. The van der Waals surface area contributed by atoms with Crippen molar-refractivity contribution < 1.29 is 32.6 Å². The van der Waals surface area contributed by atoms with Gasteiger partial charge in [0.05, 0.1) is 23.8 Å². The van der Waals surface area contributed by atoms with E-state index in [9.17, 15) is 9.59 Å². The Labute approximate surface area is 243 Å². The fraction of sp³-hybridized carbons (Fsp3) is 0.552. The number of ether oxygens (including phenoxy) is 3. The van der Waals surface area contributed by atoms with E-state index in [2.05, 4.69) is 15.2 Å². The quantitative estimate of drug-likeness (QED) is 0.372. The topological polar surface area (TPSA) is 123 Å². The number of nitrogens with zero attached hydrogens (tertiary/aromatic N) is 6. The molecule has 226 valence electrons. The van der Waals surface area contributed by atoms with Crippen molar-refractivity contribution in [1.82, 2.24) is 25.0 Å². The fourth-order valence-corrected chi connectivity index (χ4v) is 5.62. The molecule has 2 amide bonds. The summed E-state index contributed by atoms with van der Waals surface area (Å²) in [6.45, 7) is 5.39. The van der Waals surface area contributed by atoms with E-state index in [1.54, 1.807) is 69.9 Å². The van der Waals surface area contributed by atoms with Gasteiger partial charge in [-0.25, -0.2) is 14.2 Å².